The maximum atomic E-state index is 11.1. The Morgan fingerprint density at radius 1 is 0.810 bits per heavy atom. The highest BCUT2D eigenvalue weighted by molar-refractivity contribution is 5.95. The summed E-state index contributed by atoms with van der Waals surface area (Å²) in [6.45, 7) is 3.67. The molecule has 0 aliphatic heterocycles. The average Bonchev–Trinajstić information content (AvgIpc) is 2.43. The molecule has 0 radical (unpaired) electrons. The van der Waals surface area contributed by atoms with Gasteiger partial charge in [0.15, 0.2) is 0 Å². The summed E-state index contributed by atoms with van der Waals surface area (Å²) in [4.78, 5) is 22.2. The van der Waals surface area contributed by atoms with Crippen LogP contribution in [0.15, 0.2) is 71.9 Å². The van der Waals surface area contributed by atoms with Gasteiger partial charge in [0.25, 0.3) is 0 Å². The normalized spacial score (nSPS) is 14.0. The molecule has 4 N–H and O–H groups in total. The largest absolute Gasteiger partial charge is 0.366 e. The van der Waals surface area contributed by atoms with Gasteiger partial charge in [-0.15, -0.1) is 0 Å². The minimum absolute atomic E-state index is 0.434. The Bertz CT molecular complexity index is 533. The van der Waals surface area contributed by atoms with Gasteiger partial charge in [0.05, 0.1) is 0 Å². The standard InChI is InChI=1S/C17H22N2O2/c1-3-5-11-15(17(19)21)13-9-7-6-8-12-14(10-4-2)16(18)20/h3-6,8-13H,7H2,1-2H3,(H2,18,20)(H2,19,21)/b5-3+,8-6+,10-4+,13-9+,14-12-,15-11-. The molecule has 0 aromatic carbocycles. The molecule has 4 nitrogen and oxygen atoms in total. The van der Waals surface area contributed by atoms with Gasteiger partial charge in [-0.3, -0.25) is 9.59 Å². The van der Waals surface area contributed by atoms with Crippen molar-refractivity contribution in [2.75, 3.05) is 0 Å². The Morgan fingerprint density at radius 3 is 1.90 bits per heavy atom. The van der Waals surface area contributed by atoms with E-state index in [4.69, 9.17) is 11.5 Å². The molecule has 112 valence electrons. The second kappa shape index (κ2) is 11.2. The summed E-state index contributed by atoms with van der Waals surface area (Å²) in [5.41, 5.74) is 11.3. The SMILES string of the molecule is C/C=C/C=C(/C=C/C/C=C/C=C(/C=C/C)C(N)=O)C(N)=O. The van der Waals surface area contributed by atoms with Crippen molar-refractivity contribution in [1.29, 1.82) is 0 Å². The first-order valence-electron chi connectivity index (χ1n) is 6.61. The van der Waals surface area contributed by atoms with Crippen molar-refractivity contribution in [2.45, 2.75) is 20.3 Å². The van der Waals surface area contributed by atoms with E-state index in [0.29, 0.717) is 17.6 Å². The molecule has 0 aliphatic rings. The van der Waals surface area contributed by atoms with Crippen LogP contribution in [0.4, 0.5) is 0 Å². The number of rotatable bonds is 8. The maximum Gasteiger partial charge on any atom is 0.248 e. The van der Waals surface area contributed by atoms with Crippen LogP contribution in [0.1, 0.15) is 20.3 Å². The Kier molecular flexibility index (Phi) is 9.83. The lowest BCUT2D eigenvalue weighted by Crippen LogP contribution is -2.12. The van der Waals surface area contributed by atoms with Crippen molar-refractivity contribution in [2.24, 2.45) is 11.5 Å². The van der Waals surface area contributed by atoms with Crippen molar-refractivity contribution < 1.29 is 9.59 Å². The van der Waals surface area contributed by atoms with Crippen LogP contribution < -0.4 is 11.5 Å². The zero-order valence-electron chi connectivity index (χ0n) is 12.5. The van der Waals surface area contributed by atoms with Crippen LogP contribution in [0, 0.1) is 0 Å². The second-order valence-corrected chi connectivity index (χ2v) is 4.06. The molecule has 0 fully saturated rings. The molecule has 0 spiro atoms. The van der Waals surface area contributed by atoms with Crippen molar-refractivity contribution in [3.63, 3.8) is 0 Å². The molecule has 2 amide bonds. The highest BCUT2D eigenvalue weighted by Gasteiger charge is 1.97. The molecule has 21 heavy (non-hydrogen) atoms. The fraction of sp³-hybridized carbons (Fsp3) is 0.176. The lowest BCUT2D eigenvalue weighted by atomic mass is 10.2. The van der Waals surface area contributed by atoms with Crippen molar-refractivity contribution in [3.05, 3.63) is 71.9 Å². The molecule has 0 unspecified atom stereocenters. The number of carbonyl (C=O) groups excluding carboxylic acids is 2. The van der Waals surface area contributed by atoms with Crippen molar-refractivity contribution in [3.8, 4) is 0 Å². The Balaban J connectivity index is 4.63. The number of hydrogen-bond donors (Lipinski definition) is 2. The van der Waals surface area contributed by atoms with Crippen LogP contribution in [0.5, 0.6) is 0 Å². The molecular formula is C17H22N2O2. The first-order chi connectivity index (χ1) is 10.0. The van der Waals surface area contributed by atoms with E-state index < -0.39 is 11.8 Å². The quantitative estimate of drug-likeness (QED) is 0.530. The summed E-state index contributed by atoms with van der Waals surface area (Å²) in [6, 6.07) is 0. The summed E-state index contributed by atoms with van der Waals surface area (Å²) in [6.07, 6.45) is 17.9. The van der Waals surface area contributed by atoms with Gasteiger partial charge in [-0.1, -0.05) is 48.6 Å². The molecule has 0 saturated carbocycles. The third kappa shape index (κ3) is 8.99. The van der Waals surface area contributed by atoms with E-state index in [1.807, 2.05) is 32.1 Å². The predicted molar refractivity (Wildman–Crippen MR) is 87.1 cm³/mol. The molecule has 0 bridgehead atoms. The number of primary amides is 2. The molecule has 0 aliphatic carbocycles. The summed E-state index contributed by atoms with van der Waals surface area (Å²) >= 11 is 0. The van der Waals surface area contributed by atoms with E-state index in [9.17, 15) is 9.59 Å². The van der Waals surface area contributed by atoms with E-state index in [-0.39, 0.29) is 0 Å². The number of carbonyl (C=O) groups is 2. The van der Waals surface area contributed by atoms with Gasteiger partial charge in [-0.25, -0.2) is 0 Å². The van der Waals surface area contributed by atoms with Crippen molar-refractivity contribution in [1.82, 2.24) is 0 Å². The van der Waals surface area contributed by atoms with Crippen LogP contribution in [0.3, 0.4) is 0 Å². The molecule has 0 aromatic rings. The van der Waals surface area contributed by atoms with E-state index in [1.54, 1.807) is 42.5 Å². The zero-order chi connectivity index (χ0) is 16.1. The lowest BCUT2D eigenvalue weighted by Gasteiger charge is -1.93. The minimum Gasteiger partial charge on any atom is -0.366 e. The molecule has 0 atom stereocenters. The van der Waals surface area contributed by atoms with Gasteiger partial charge in [0.2, 0.25) is 11.8 Å². The zero-order valence-corrected chi connectivity index (χ0v) is 12.5. The Hall–Kier alpha value is -2.62. The fourth-order valence-corrected chi connectivity index (χ4v) is 1.34. The van der Waals surface area contributed by atoms with Crippen LogP contribution in [-0.4, -0.2) is 11.8 Å². The van der Waals surface area contributed by atoms with Gasteiger partial charge >= 0.3 is 0 Å². The Labute approximate surface area is 125 Å². The van der Waals surface area contributed by atoms with Crippen LogP contribution in [0.25, 0.3) is 0 Å². The summed E-state index contributed by atoms with van der Waals surface area (Å²) in [5, 5.41) is 0. The van der Waals surface area contributed by atoms with Gasteiger partial charge in [-0.2, -0.15) is 0 Å². The number of nitrogens with two attached hydrogens (primary N) is 2. The summed E-state index contributed by atoms with van der Waals surface area (Å²) in [5.74, 6) is -0.948. The van der Waals surface area contributed by atoms with E-state index >= 15 is 0 Å². The molecule has 4 heteroatoms. The van der Waals surface area contributed by atoms with E-state index in [0.717, 1.165) is 0 Å². The topological polar surface area (TPSA) is 86.2 Å². The molecule has 0 rings (SSSR count). The highest BCUT2D eigenvalue weighted by Crippen LogP contribution is 2.00. The van der Waals surface area contributed by atoms with Gasteiger partial charge in [-0.05, 0) is 32.4 Å². The van der Waals surface area contributed by atoms with Gasteiger partial charge < -0.3 is 11.5 Å². The number of allylic oxidation sites excluding steroid dienone is 8. The Morgan fingerprint density at radius 2 is 1.38 bits per heavy atom. The summed E-state index contributed by atoms with van der Waals surface area (Å²) in [7, 11) is 0. The third-order valence-electron chi connectivity index (χ3n) is 2.36. The molecule has 0 saturated heterocycles. The average molecular weight is 286 g/mol. The first kappa shape index (κ1) is 18.4. The number of amides is 2. The smallest absolute Gasteiger partial charge is 0.248 e. The minimum atomic E-state index is -0.475. The first-order valence-corrected chi connectivity index (χ1v) is 6.61. The predicted octanol–water partition coefficient (Wildman–Crippen LogP) is 2.46. The fourth-order valence-electron chi connectivity index (χ4n) is 1.34. The second-order valence-electron chi connectivity index (χ2n) is 4.06. The monoisotopic (exact) mass is 286 g/mol. The van der Waals surface area contributed by atoms with Gasteiger partial charge in [0, 0.05) is 11.1 Å². The van der Waals surface area contributed by atoms with Crippen LogP contribution >= 0.6 is 0 Å². The highest BCUT2D eigenvalue weighted by atomic mass is 16.1. The van der Waals surface area contributed by atoms with E-state index in [2.05, 4.69) is 0 Å². The van der Waals surface area contributed by atoms with Crippen LogP contribution in [0.2, 0.25) is 0 Å². The number of hydrogen-bond acceptors (Lipinski definition) is 2. The van der Waals surface area contributed by atoms with Crippen LogP contribution in [-0.2, 0) is 9.59 Å². The van der Waals surface area contributed by atoms with Crippen molar-refractivity contribution >= 4 is 11.8 Å². The maximum absolute atomic E-state index is 11.1. The molecule has 0 heterocycles. The lowest BCUT2D eigenvalue weighted by molar-refractivity contribution is -0.115. The summed E-state index contributed by atoms with van der Waals surface area (Å²) < 4.78 is 0. The third-order valence-corrected chi connectivity index (χ3v) is 2.36. The molecular weight excluding hydrogens is 264 g/mol. The molecule has 0 aromatic heterocycles. The van der Waals surface area contributed by atoms with Gasteiger partial charge in [0.1, 0.15) is 0 Å². The van der Waals surface area contributed by atoms with E-state index in [1.165, 1.54) is 0 Å².